The summed E-state index contributed by atoms with van der Waals surface area (Å²) in [5, 5.41) is 3.00. The Morgan fingerprint density at radius 2 is 2.12 bits per heavy atom. The molecule has 1 N–H and O–H groups in total. The van der Waals surface area contributed by atoms with Crippen LogP contribution in [0, 0.1) is 12.0 Å². The lowest BCUT2D eigenvalue weighted by Crippen LogP contribution is -2.30. The molecule has 85 valence electrons. The first-order valence-electron chi connectivity index (χ1n) is 6.11. The van der Waals surface area contributed by atoms with Crippen molar-refractivity contribution in [2.75, 3.05) is 6.54 Å². The molecule has 1 amide bonds. The van der Waals surface area contributed by atoms with Crippen molar-refractivity contribution < 1.29 is 4.79 Å². The molecule has 0 heterocycles. The van der Waals surface area contributed by atoms with E-state index in [0.717, 1.165) is 6.54 Å². The highest BCUT2D eigenvalue weighted by Gasteiger charge is 2.14. The Kier molecular flexibility index (Phi) is 3.97. The Morgan fingerprint density at radius 1 is 1.31 bits per heavy atom. The molecule has 0 bridgehead atoms. The van der Waals surface area contributed by atoms with Crippen molar-refractivity contribution >= 4 is 5.91 Å². The van der Waals surface area contributed by atoms with Crippen LogP contribution in [0.3, 0.4) is 0 Å². The molecule has 0 atom stereocenters. The van der Waals surface area contributed by atoms with Gasteiger partial charge in [0.25, 0.3) is 5.91 Å². The maximum absolute atomic E-state index is 11.7. The highest BCUT2D eigenvalue weighted by Crippen LogP contribution is 2.22. The molecule has 0 saturated heterocycles. The van der Waals surface area contributed by atoms with Crippen LogP contribution < -0.4 is 5.32 Å². The number of carbonyl (C=O) groups excluding carboxylic acids is 1. The van der Waals surface area contributed by atoms with Crippen LogP contribution in [0.1, 0.15) is 42.5 Å². The summed E-state index contributed by atoms with van der Waals surface area (Å²) >= 11 is 0. The molecule has 1 fully saturated rings. The van der Waals surface area contributed by atoms with Crippen molar-refractivity contribution in [3.05, 3.63) is 35.9 Å². The third kappa shape index (κ3) is 3.09. The molecular weight excluding hydrogens is 198 g/mol. The Labute approximate surface area is 97.1 Å². The van der Waals surface area contributed by atoms with Crippen LogP contribution in [0.5, 0.6) is 0 Å². The first-order chi connectivity index (χ1) is 7.86. The number of benzene rings is 1. The fourth-order valence-electron chi connectivity index (χ4n) is 2.26. The first-order valence-corrected chi connectivity index (χ1v) is 6.11. The molecule has 0 aliphatic heterocycles. The topological polar surface area (TPSA) is 29.1 Å². The van der Waals surface area contributed by atoms with Crippen LogP contribution in [0.25, 0.3) is 0 Å². The van der Waals surface area contributed by atoms with Gasteiger partial charge in [-0.05, 0) is 30.9 Å². The smallest absolute Gasteiger partial charge is 0.251 e. The Bertz CT molecular complexity index is 328. The normalized spacial score (nSPS) is 17.0. The van der Waals surface area contributed by atoms with Crippen molar-refractivity contribution in [2.24, 2.45) is 5.92 Å². The molecule has 1 aliphatic rings. The zero-order valence-electron chi connectivity index (χ0n) is 9.54. The second kappa shape index (κ2) is 5.69. The first kappa shape index (κ1) is 11.2. The van der Waals surface area contributed by atoms with E-state index in [2.05, 4.69) is 11.4 Å². The third-order valence-electron chi connectivity index (χ3n) is 3.23. The van der Waals surface area contributed by atoms with Gasteiger partial charge in [-0.25, -0.2) is 0 Å². The Hall–Kier alpha value is -1.31. The summed E-state index contributed by atoms with van der Waals surface area (Å²) in [6, 6.07) is 10.3. The van der Waals surface area contributed by atoms with Gasteiger partial charge in [0.15, 0.2) is 0 Å². The van der Waals surface area contributed by atoms with Gasteiger partial charge in [-0.1, -0.05) is 37.5 Å². The quantitative estimate of drug-likeness (QED) is 0.827. The molecule has 0 aromatic heterocycles. The second-order valence-corrected chi connectivity index (χ2v) is 4.49. The van der Waals surface area contributed by atoms with Crippen LogP contribution in [0.4, 0.5) is 0 Å². The molecule has 16 heavy (non-hydrogen) atoms. The summed E-state index contributed by atoms with van der Waals surface area (Å²) in [6.07, 6.45) is 6.52. The van der Waals surface area contributed by atoms with Crippen LogP contribution in [-0.2, 0) is 0 Å². The van der Waals surface area contributed by atoms with E-state index < -0.39 is 0 Å². The maximum Gasteiger partial charge on any atom is 0.251 e. The summed E-state index contributed by atoms with van der Waals surface area (Å²) in [4.78, 5) is 11.7. The number of hydrogen-bond donors (Lipinski definition) is 1. The van der Waals surface area contributed by atoms with Gasteiger partial charge in [0.05, 0.1) is 0 Å². The van der Waals surface area contributed by atoms with E-state index in [1.165, 1.54) is 32.1 Å². The summed E-state index contributed by atoms with van der Waals surface area (Å²) < 4.78 is 0. The lowest BCUT2D eigenvalue weighted by atomic mass is 9.89. The number of rotatable bonds is 3. The number of nitrogens with one attached hydrogen (secondary N) is 1. The van der Waals surface area contributed by atoms with E-state index >= 15 is 0 Å². The fourth-order valence-corrected chi connectivity index (χ4v) is 2.26. The van der Waals surface area contributed by atoms with Crippen LogP contribution in [-0.4, -0.2) is 12.5 Å². The lowest BCUT2D eigenvalue weighted by Gasteiger charge is -2.21. The fraction of sp³-hybridized carbons (Fsp3) is 0.500. The van der Waals surface area contributed by atoms with Crippen molar-refractivity contribution in [3.8, 4) is 0 Å². The van der Waals surface area contributed by atoms with Gasteiger partial charge in [-0.2, -0.15) is 0 Å². The molecule has 1 aliphatic carbocycles. The van der Waals surface area contributed by atoms with Crippen molar-refractivity contribution in [2.45, 2.75) is 32.1 Å². The number of hydrogen-bond acceptors (Lipinski definition) is 1. The highest BCUT2D eigenvalue weighted by atomic mass is 16.1. The van der Waals surface area contributed by atoms with Crippen molar-refractivity contribution in [3.63, 3.8) is 0 Å². The zero-order valence-corrected chi connectivity index (χ0v) is 9.54. The zero-order chi connectivity index (χ0) is 11.2. The molecule has 1 aromatic rings. The van der Waals surface area contributed by atoms with Gasteiger partial charge in [-0.3, -0.25) is 4.79 Å². The lowest BCUT2D eigenvalue weighted by molar-refractivity contribution is 0.0943. The van der Waals surface area contributed by atoms with Gasteiger partial charge in [-0.15, -0.1) is 0 Å². The van der Waals surface area contributed by atoms with Gasteiger partial charge in [0, 0.05) is 12.1 Å². The third-order valence-corrected chi connectivity index (χ3v) is 3.23. The van der Waals surface area contributed by atoms with Gasteiger partial charge < -0.3 is 5.32 Å². The molecule has 0 spiro atoms. The highest BCUT2D eigenvalue weighted by molar-refractivity contribution is 5.93. The summed E-state index contributed by atoms with van der Waals surface area (Å²) in [7, 11) is 0. The number of amides is 1. The van der Waals surface area contributed by atoms with E-state index in [-0.39, 0.29) is 5.91 Å². The van der Waals surface area contributed by atoms with Gasteiger partial charge >= 0.3 is 0 Å². The predicted octanol–water partition coefficient (Wildman–Crippen LogP) is 2.80. The minimum atomic E-state index is 0.00572. The predicted molar refractivity (Wildman–Crippen MR) is 64.2 cm³/mol. The standard InChI is InChI=1S/C14H18NO/c16-14(13-9-5-2-6-10-13)15-11-12-7-3-1-4-8-12/h2,5-6,9,12H,1,3-4,7-8,11H2,(H,15,16). The van der Waals surface area contributed by atoms with Crippen molar-refractivity contribution in [1.29, 1.82) is 0 Å². The average Bonchev–Trinajstić information content (AvgIpc) is 2.38. The average molecular weight is 216 g/mol. The maximum atomic E-state index is 11.7. The van der Waals surface area contributed by atoms with E-state index in [0.29, 0.717) is 11.5 Å². The summed E-state index contributed by atoms with van der Waals surface area (Å²) in [6.45, 7) is 0.821. The van der Waals surface area contributed by atoms with E-state index in [1.807, 2.05) is 12.1 Å². The minimum absolute atomic E-state index is 0.00572. The summed E-state index contributed by atoms with van der Waals surface area (Å²) in [5.74, 6) is 0.688. The summed E-state index contributed by atoms with van der Waals surface area (Å²) in [5.41, 5.74) is 0.637. The van der Waals surface area contributed by atoms with Crippen LogP contribution in [0.2, 0.25) is 0 Å². The second-order valence-electron chi connectivity index (χ2n) is 4.49. The molecule has 2 rings (SSSR count). The van der Waals surface area contributed by atoms with E-state index in [4.69, 9.17) is 0 Å². The molecule has 2 nitrogen and oxygen atoms in total. The Balaban J connectivity index is 1.79. The molecular formula is C14H18NO. The largest absolute Gasteiger partial charge is 0.352 e. The SMILES string of the molecule is O=C(NCC1CCCCC1)c1[c]cccc1. The van der Waals surface area contributed by atoms with Gasteiger partial charge in [0.1, 0.15) is 0 Å². The molecule has 1 saturated carbocycles. The van der Waals surface area contributed by atoms with Crippen LogP contribution in [0.15, 0.2) is 24.3 Å². The Morgan fingerprint density at radius 3 is 2.81 bits per heavy atom. The van der Waals surface area contributed by atoms with Gasteiger partial charge in [0.2, 0.25) is 0 Å². The number of carbonyl (C=O) groups is 1. The molecule has 2 heteroatoms. The molecule has 0 unspecified atom stereocenters. The monoisotopic (exact) mass is 216 g/mol. The molecule has 1 aromatic carbocycles. The van der Waals surface area contributed by atoms with Crippen LogP contribution >= 0.6 is 0 Å². The minimum Gasteiger partial charge on any atom is -0.352 e. The van der Waals surface area contributed by atoms with E-state index in [1.54, 1.807) is 12.1 Å². The van der Waals surface area contributed by atoms with E-state index in [9.17, 15) is 4.79 Å². The molecule has 1 radical (unpaired) electrons. The van der Waals surface area contributed by atoms with Crippen molar-refractivity contribution in [1.82, 2.24) is 5.32 Å².